The van der Waals surface area contributed by atoms with Gasteiger partial charge in [-0.15, -0.1) is 0 Å². The fourth-order valence-corrected chi connectivity index (χ4v) is 1.80. The molecule has 2 atom stereocenters. The number of thiol groups is 1. The second-order valence-electron chi connectivity index (χ2n) is 3.64. The average Bonchev–Trinajstić information content (AvgIpc) is 2.28. The van der Waals surface area contributed by atoms with Crippen molar-refractivity contribution in [2.24, 2.45) is 5.73 Å². The summed E-state index contributed by atoms with van der Waals surface area (Å²) in [7, 11) is 0. The molecule has 17 heavy (non-hydrogen) atoms. The lowest BCUT2D eigenvalue weighted by Crippen LogP contribution is -2.20. The maximum Gasteiger partial charge on any atom is 0.168 e. The van der Waals surface area contributed by atoms with Crippen LogP contribution in [-0.2, 0) is 0 Å². The van der Waals surface area contributed by atoms with E-state index in [1.807, 2.05) is 0 Å². The van der Waals surface area contributed by atoms with Crippen molar-refractivity contribution in [3.63, 3.8) is 0 Å². The summed E-state index contributed by atoms with van der Waals surface area (Å²) >= 11 is 8.72. The molecule has 0 heterocycles. The van der Waals surface area contributed by atoms with Gasteiger partial charge in [-0.2, -0.15) is 12.6 Å². The highest BCUT2D eigenvalue weighted by Gasteiger charge is 2.17. The molecule has 0 fully saturated rings. The molecular formula is C11H16N2O2S2. The summed E-state index contributed by atoms with van der Waals surface area (Å²) in [6, 6.07) is 6.91. The van der Waals surface area contributed by atoms with Crippen LogP contribution in [0.1, 0.15) is 18.1 Å². The van der Waals surface area contributed by atoms with Gasteiger partial charge < -0.3 is 21.3 Å². The fraction of sp³-hybridized carbons (Fsp3) is 0.364. The van der Waals surface area contributed by atoms with Gasteiger partial charge in [-0.25, -0.2) is 0 Å². The zero-order valence-corrected chi connectivity index (χ0v) is 10.9. The van der Waals surface area contributed by atoms with Crippen LogP contribution in [0, 0.1) is 0 Å². The van der Waals surface area contributed by atoms with E-state index in [0.717, 1.165) is 5.69 Å². The van der Waals surface area contributed by atoms with Crippen LogP contribution in [0.4, 0.5) is 5.69 Å². The molecule has 0 aliphatic heterocycles. The van der Waals surface area contributed by atoms with Crippen LogP contribution in [0.5, 0.6) is 0 Å². The number of nitrogens with one attached hydrogen (secondary N) is 1. The molecule has 0 aliphatic rings. The summed E-state index contributed by atoms with van der Waals surface area (Å²) in [5.74, 6) is 0.527. The predicted octanol–water partition coefficient (Wildman–Crippen LogP) is 1.06. The highest BCUT2D eigenvalue weighted by atomic mass is 32.1. The summed E-state index contributed by atoms with van der Waals surface area (Å²) in [6.45, 7) is 0. The monoisotopic (exact) mass is 272 g/mol. The standard InChI is InChI=1S/C11H16N2O2S2/c12-11(17)13-8-3-1-7(2-4-8)10(15)9(14)5-6-16/h1-4,9-10,14-16H,5-6H2,(H3,12,13,17). The van der Waals surface area contributed by atoms with Crippen molar-refractivity contribution < 1.29 is 10.2 Å². The van der Waals surface area contributed by atoms with Crippen LogP contribution in [0.25, 0.3) is 0 Å². The Balaban J connectivity index is 2.69. The largest absolute Gasteiger partial charge is 0.390 e. The van der Waals surface area contributed by atoms with Gasteiger partial charge in [0.05, 0.1) is 6.10 Å². The smallest absolute Gasteiger partial charge is 0.168 e. The van der Waals surface area contributed by atoms with E-state index in [1.165, 1.54) is 0 Å². The molecule has 0 saturated carbocycles. The molecule has 1 aromatic rings. The summed E-state index contributed by atoms with van der Waals surface area (Å²) in [5, 5.41) is 22.4. The molecule has 6 heteroatoms. The molecule has 0 aliphatic carbocycles. The van der Waals surface area contributed by atoms with Gasteiger partial charge in [-0.05, 0) is 42.1 Å². The third-order valence-corrected chi connectivity index (χ3v) is 2.67. The van der Waals surface area contributed by atoms with E-state index in [2.05, 4.69) is 17.9 Å². The third kappa shape index (κ3) is 4.51. The van der Waals surface area contributed by atoms with Gasteiger partial charge in [0.25, 0.3) is 0 Å². The van der Waals surface area contributed by atoms with Crippen LogP contribution in [0.15, 0.2) is 24.3 Å². The van der Waals surface area contributed by atoms with Gasteiger partial charge in [0.2, 0.25) is 0 Å². The zero-order chi connectivity index (χ0) is 12.8. The Bertz CT molecular complexity index is 370. The minimum absolute atomic E-state index is 0.188. The highest BCUT2D eigenvalue weighted by molar-refractivity contribution is 7.80. The molecule has 4 nitrogen and oxygen atoms in total. The number of hydrogen-bond acceptors (Lipinski definition) is 4. The molecule has 2 unspecified atom stereocenters. The molecular weight excluding hydrogens is 256 g/mol. The van der Waals surface area contributed by atoms with Crippen molar-refractivity contribution in [2.75, 3.05) is 11.1 Å². The Labute approximate surface area is 111 Å². The SMILES string of the molecule is NC(=S)Nc1ccc(C(O)C(O)CCS)cc1. The first-order valence-corrected chi connectivity index (χ1v) is 6.22. The van der Waals surface area contributed by atoms with Crippen LogP contribution in [0.3, 0.4) is 0 Å². The van der Waals surface area contributed by atoms with E-state index in [9.17, 15) is 10.2 Å². The van der Waals surface area contributed by atoms with E-state index >= 15 is 0 Å². The quantitative estimate of drug-likeness (QED) is 0.409. The van der Waals surface area contributed by atoms with Crippen molar-refractivity contribution in [1.82, 2.24) is 0 Å². The lowest BCUT2D eigenvalue weighted by Gasteiger charge is -2.17. The molecule has 1 rings (SSSR count). The van der Waals surface area contributed by atoms with Gasteiger partial charge in [0, 0.05) is 5.69 Å². The van der Waals surface area contributed by atoms with Crippen molar-refractivity contribution in [2.45, 2.75) is 18.6 Å². The lowest BCUT2D eigenvalue weighted by molar-refractivity contribution is 0.0172. The van der Waals surface area contributed by atoms with Gasteiger partial charge in [-0.1, -0.05) is 12.1 Å². The summed E-state index contributed by atoms with van der Waals surface area (Å²) in [5.41, 5.74) is 6.73. The number of aliphatic hydroxyl groups excluding tert-OH is 2. The maximum atomic E-state index is 9.84. The van der Waals surface area contributed by atoms with Gasteiger partial charge >= 0.3 is 0 Å². The Morgan fingerprint density at radius 2 is 1.94 bits per heavy atom. The van der Waals surface area contributed by atoms with Crippen LogP contribution >= 0.6 is 24.8 Å². The number of aliphatic hydroxyl groups is 2. The second-order valence-corrected chi connectivity index (χ2v) is 4.52. The minimum atomic E-state index is -0.902. The van der Waals surface area contributed by atoms with E-state index in [0.29, 0.717) is 17.7 Å². The van der Waals surface area contributed by atoms with Crippen molar-refractivity contribution in [3.8, 4) is 0 Å². The minimum Gasteiger partial charge on any atom is -0.390 e. The Hall–Kier alpha value is -0.820. The van der Waals surface area contributed by atoms with E-state index in [4.69, 9.17) is 18.0 Å². The summed E-state index contributed by atoms with van der Waals surface area (Å²) in [6.07, 6.45) is -1.26. The molecule has 0 amide bonds. The first kappa shape index (κ1) is 14.2. The number of anilines is 1. The van der Waals surface area contributed by atoms with Crippen molar-refractivity contribution in [1.29, 1.82) is 0 Å². The van der Waals surface area contributed by atoms with E-state index < -0.39 is 12.2 Å². The molecule has 94 valence electrons. The summed E-state index contributed by atoms with van der Waals surface area (Å²) in [4.78, 5) is 0. The first-order chi connectivity index (χ1) is 8.04. The molecule has 0 bridgehead atoms. The highest BCUT2D eigenvalue weighted by Crippen LogP contribution is 2.21. The first-order valence-electron chi connectivity index (χ1n) is 5.18. The number of hydrogen-bond donors (Lipinski definition) is 5. The number of rotatable bonds is 5. The van der Waals surface area contributed by atoms with Gasteiger partial charge in [0.1, 0.15) is 6.10 Å². The summed E-state index contributed by atoms with van der Waals surface area (Å²) < 4.78 is 0. The average molecular weight is 272 g/mol. The molecule has 1 aromatic carbocycles. The van der Waals surface area contributed by atoms with E-state index in [1.54, 1.807) is 24.3 Å². The molecule has 5 N–H and O–H groups in total. The molecule has 0 spiro atoms. The fourth-order valence-electron chi connectivity index (χ4n) is 1.42. The maximum absolute atomic E-state index is 9.84. The number of thiocarbonyl (C=S) groups is 1. The molecule has 0 radical (unpaired) electrons. The third-order valence-electron chi connectivity index (χ3n) is 2.31. The van der Waals surface area contributed by atoms with Gasteiger partial charge in [-0.3, -0.25) is 0 Å². The van der Waals surface area contributed by atoms with Crippen LogP contribution < -0.4 is 11.1 Å². The Morgan fingerprint density at radius 1 is 1.35 bits per heavy atom. The zero-order valence-electron chi connectivity index (χ0n) is 9.21. The lowest BCUT2D eigenvalue weighted by atomic mass is 10.0. The van der Waals surface area contributed by atoms with Crippen LogP contribution in [0.2, 0.25) is 0 Å². The second kappa shape index (κ2) is 6.80. The molecule has 0 saturated heterocycles. The van der Waals surface area contributed by atoms with Crippen molar-refractivity contribution in [3.05, 3.63) is 29.8 Å². The topological polar surface area (TPSA) is 78.5 Å². The Kier molecular flexibility index (Phi) is 5.70. The molecule has 0 aromatic heterocycles. The van der Waals surface area contributed by atoms with E-state index in [-0.39, 0.29) is 5.11 Å². The normalized spacial score (nSPS) is 14.1. The van der Waals surface area contributed by atoms with Crippen LogP contribution in [-0.4, -0.2) is 27.2 Å². The number of nitrogens with two attached hydrogens (primary N) is 1. The predicted molar refractivity (Wildman–Crippen MR) is 76.3 cm³/mol. The van der Waals surface area contributed by atoms with Gasteiger partial charge in [0.15, 0.2) is 5.11 Å². The number of benzene rings is 1. The van der Waals surface area contributed by atoms with Crippen molar-refractivity contribution >= 4 is 35.6 Å². The Morgan fingerprint density at radius 3 is 2.41 bits per heavy atom.